The van der Waals surface area contributed by atoms with Crippen LogP contribution >= 0.6 is 11.6 Å². The van der Waals surface area contributed by atoms with E-state index in [0.29, 0.717) is 35.3 Å². The molecule has 1 aliphatic heterocycles. The predicted octanol–water partition coefficient (Wildman–Crippen LogP) is 6.96. The van der Waals surface area contributed by atoms with Crippen molar-refractivity contribution in [2.24, 2.45) is 0 Å². The fourth-order valence-corrected chi connectivity index (χ4v) is 4.22. The van der Waals surface area contributed by atoms with Gasteiger partial charge in [-0.05, 0) is 59.2 Å². The van der Waals surface area contributed by atoms with Crippen LogP contribution < -0.4 is 14.8 Å². The Morgan fingerprint density at radius 2 is 1.76 bits per heavy atom. The minimum Gasteiger partial charge on any atom is -0.490 e. The first-order valence-corrected chi connectivity index (χ1v) is 11.2. The molecular formula is C28H22ClNO3. The second kappa shape index (κ2) is 9.00. The molecule has 0 bridgehead atoms. The maximum Gasteiger partial charge on any atom is 0.256 e. The van der Waals surface area contributed by atoms with E-state index in [9.17, 15) is 4.79 Å². The Balaban J connectivity index is 1.43. The molecule has 0 unspecified atom stereocenters. The molecule has 1 aliphatic rings. The molecule has 4 aromatic rings. The molecule has 1 N–H and O–H groups in total. The predicted molar refractivity (Wildman–Crippen MR) is 134 cm³/mol. The summed E-state index contributed by atoms with van der Waals surface area (Å²) in [7, 11) is 0. The summed E-state index contributed by atoms with van der Waals surface area (Å²) in [6.45, 7) is 2.87. The molecule has 0 radical (unpaired) electrons. The summed E-state index contributed by atoms with van der Waals surface area (Å²) in [5, 5.41) is 5.80. The van der Waals surface area contributed by atoms with Crippen LogP contribution in [0.15, 0.2) is 78.9 Å². The van der Waals surface area contributed by atoms with Gasteiger partial charge in [-0.1, -0.05) is 66.2 Å². The quantitative estimate of drug-likeness (QED) is 0.319. The molecule has 0 spiro atoms. The number of carbonyl (C=O) groups is 1. The van der Waals surface area contributed by atoms with Gasteiger partial charge in [0.05, 0.1) is 12.3 Å². The van der Waals surface area contributed by atoms with E-state index in [1.165, 1.54) is 10.8 Å². The number of anilines is 1. The number of ether oxygens (including phenoxy) is 2. The van der Waals surface area contributed by atoms with Crippen molar-refractivity contribution in [3.8, 4) is 11.5 Å². The average molecular weight is 456 g/mol. The van der Waals surface area contributed by atoms with E-state index >= 15 is 0 Å². The van der Waals surface area contributed by atoms with Crippen molar-refractivity contribution in [3.63, 3.8) is 0 Å². The van der Waals surface area contributed by atoms with E-state index in [0.717, 1.165) is 22.4 Å². The molecule has 4 nitrogen and oxygen atoms in total. The van der Waals surface area contributed by atoms with E-state index in [4.69, 9.17) is 21.1 Å². The van der Waals surface area contributed by atoms with E-state index in [2.05, 4.69) is 29.6 Å². The molecule has 0 aliphatic carbocycles. The molecule has 0 fully saturated rings. The third kappa shape index (κ3) is 4.30. The third-order valence-electron chi connectivity index (χ3n) is 5.61. The zero-order valence-corrected chi connectivity index (χ0v) is 18.9. The highest BCUT2D eigenvalue weighted by Gasteiger charge is 2.24. The van der Waals surface area contributed by atoms with Crippen molar-refractivity contribution in [1.82, 2.24) is 0 Å². The van der Waals surface area contributed by atoms with Gasteiger partial charge >= 0.3 is 0 Å². The maximum absolute atomic E-state index is 12.5. The molecule has 0 atom stereocenters. The Morgan fingerprint density at radius 1 is 0.909 bits per heavy atom. The Kier molecular flexibility index (Phi) is 5.76. The monoisotopic (exact) mass is 455 g/mol. The summed E-state index contributed by atoms with van der Waals surface area (Å²) in [5.41, 5.74) is 4.11. The van der Waals surface area contributed by atoms with Crippen molar-refractivity contribution < 1.29 is 14.3 Å². The zero-order valence-electron chi connectivity index (χ0n) is 18.1. The maximum atomic E-state index is 12.5. The second-order valence-electron chi connectivity index (χ2n) is 7.77. The zero-order chi connectivity index (χ0) is 22.8. The van der Waals surface area contributed by atoms with Crippen molar-refractivity contribution >= 4 is 45.6 Å². The number of fused-ring (bicyclic) bond motifs is 2. The lowest BCUT2D eigenvalue weighted by molar-refractivity contribution is -0.110. The molecule has 4 aromatic carbocycles. The summed E-state index contributed by atoms with van der Waals surface area (Å²) in [6, 6.07) is 25.6. The van der Waals surface area contributed by atoms with Gasteiger partial charge in [0.2, 0.25) is 0 Å². The summed E-state index contributed by atoms with van der Waals surface area (Å²) >= 11 is 6.06. The largest absolute Gasteiger partial charge is 0.490 e. The average Bonchev–Trinajstić information content (AvgIpc) is 3.12. The van der Waals surface area contributed by atoms with Gasteiger partial charge in [-0.15, -0.1) is 0 Å². The molecule has 1 heterocycles. The number of nitrogens with one attached hydrogen (secondary N) is 1. The Morgan fingerprint density at radius 3 is 2.64 bits per heavy atom. The first-order chi connectivity index (χ1) is 16.1. The standard InChI is InChI=1S/C28H22ClNO3/c1-2-32-27-15-18(14-24-23-12-11-21(29)16-25(23)30-28(24)31)10-13-26(27)33-17-20-8-5-7-19-6-3-4-9-22(19)20/h3-16H,2,17H2,1H3,(H,30,31)/b24-14+. The topological polar surface area (TPSA) is 47.6 Å². The van der Waals surface area contributed by atoms with Crippen LogP contribution in [0, 0.1) is 0 Å². The van der Waals surface area contributed by atoms with Crippen molar-refractivity contribution in [1.29, 1.82) is 0 Å². The van der Waals surface area contributed by atoms with Gasteiger partial charge in [-0.2, -0.15) is 0 Å². The summed E-state index contributed by atoms with van der Waals surface area (Å²) in [6.07, 6.45) is 1.85. The van der Waals surface area contributed by atoms with Gasteiger partial charge in [0.15, 0.2) is 11.5 Å². The van der Waals surface area contributed by atoms with Crippen LogP contribution in [0.1, 0.15) is 23.6 Å². The molecular weight excluding hydrogens is 434 g/mol. The van der Waals surface area contributed by atoms with Crippen LogP contribution in [0.5, 0.6) is 11.5 Å². The van der Waals surface area contributed by atoms with Crippen LogP contribution in [0.4, 0.5) is 5.69 Å². The molecule has 5 heteroatoms. The summed E-state index contributed by atoms with van der Waals surface area (Å²) in [4.78, 5) is 12.5. The number of benzene rings is 4. The van der Waals surface area contributed by atoms with E-state index in [1.807, 2.05) is 55.5 Å². The lowest BCUT2D eigenvalue weighted by Gasteiger charge is -2.14. The smallest absolute Gasteiger partial charge is 0.256 e. The van der Waals surface area contributed by atoms with Crippen LogP contribution in [-0.4, -0.2) is 12.5 Å². The van der Waals surface area contributed by atoms with Crippen molar-refractivity contribution in [3.05, 3.63) is 101 Å². The highest BCUT2D eigenvalue weighted by molar-refractivity contribution is 6.36. The Labute approximate surface area is 197 Å². The molecule has 33 heavy (non-hydrogen) atoms. The summed E-state index contributed by atoms with van der Waals surface area (Å²) in [5.74, 6) is 1.15. The van der Waals surface area contributed by atoms with Gasteiger partial charge in [-0.25, -0.2) is 0 Å². The minimum absolute atomic E-state index is 0.151. The third-order valence-corrected chi connectivity index (χ3v) is 5.84. The van der Waals surface area contributed by atoms with Gasteiger partial charge in [0.1, 0.15) is 6.61 Å². The molecule has 0 saturated heterocycles. The fourth-order valence-electron chi connectivity index (χ4n) is 4.05. The van der Waals surface area contributed by atoms with Gasteiger partial charge < -0.3 is 14.8 Å². The first kappa shape index (κ1) is 21.1. The number of carbonyl (C=O) groups excluding carboxylic acids is 1. The second-order valence-corrected chi connectivity index (χ2v) is 8.20. The van der Waals surface area contributed by atoms with E-state index in [-0.39, 0.29) is 5.91 Å². The van der Waals surface area contributed by atoms with Crippen LogP contribution in [0.2, 0.25) is 5.02 Å². The van der Waals surface area contributed by atoms with Crippen LogP contribution in [-0.2, 0) is 11.4 Å². The Bertz CT molecular complexity index is 1390. The molecule has 1 amide bonds. The lowest BCUT2D eigenvalue weighted by Crippen LogP contribution is -2.03. The Hall–Kier alpha value is -3.76. The lowest BCUT2D eigenvalue weighted by atomic mass is 10.0. The normalized spacial score (nSPS) is 13.8. The molecule has 5 rings (SSSR count). The van der Waals surface area contributed by atoms with Gasteiger partial charge in [0, 0.05) is 16.2 Å². The number of rotatable bonds is 6. The summed E-state index contributed by atoms with van der Waals surface area (Å²) < 4.78 is 12.0. The highest BCUT2D eigenvalue weighted by Crippen LogP contribution is 2.36. The number of amides is 1. The van der Waals surface area contributed by atoms with Crippen molar-refractivity contribution in [2.45, 2.75) is 13.5 Å². The highest BCUT2D eigenvalue weighted by atomic mass is 35.5. The molecule has 0 saturated carbocycles. The van der Waals surface area contributed by atoms with Gasteiger partial charge in [-0.3, -0.25) is 4.79 Å². The fraction of sp³-hybridized carbons (Fsp3) is 0.107. The van der Waals surface area contributed by atoms with Gasteiger partial charge in [0.25, 0.3) is 5.91 Å². The number of hydrogen-bond donors (Lipinski definition) is 1. The first-order valence-electron chi connectivity index (χ1n) is 10.8. The van der Waals surface area contributed by atoms with E-state index < -0.39 is 0 Å². The number of halogens is 1. The molecule has 0 aromatic heterocycles. The minimum atomic E-state index is -0.151. The van der Waals surface area contributed by atoms with Crippen LogP contribution in [0.3, 0.4) is 0 Å². The van der Waals surface area contributed by atoms with E-state index in [1.54, 1.807) is 12.1 Å². The number of hydrogen-bond acceptors (Lipinski definition) is 3. The van der Waals surface area contributed by atoms with Crippen molar-refractivity contribution in [2.75, 3.05) is 11.9 Å². The molecule has 164 valence electrons. The van der Waals surface area contributed by atoms with Crippen LogP contribution in [0.25, 0.3) is 22.4 Å². The SMILES string of the molecule is CCOc1cc(/C=C2/C(=O)Nc3cc(Cl)ccc32)ccc1OCc1cccc2ccccc12.